The molecule has 0 rings (SSSR count). The van der Waals surface area contributed by atoms with Gasteiger partial charge in [0.1, 0.15) is 0 Å². The van der Waals surface area contributed by atoms with Gasteiger partial charge in [-0.25, -0.2) is 0 Å². The van der Waals surface area contributed by atoms with Crippen LogP contribution in [0.15, 0.2) is 0 Å². The average Bonchev–Trinajstić information content (AvgIpc) is 1.00. The number of hydrogen-bond acceptors (Lipinski definition) is 1. The molecule has 0 aliphatic carbocycles. The Balaban J connectivity index is -0.000000000833. The molecule has 0 saturated carbocycles. The summed E-state index contributed by atoms with van der Waals surface area (Å²) in [5.41, 5.74) is 0. The van der Waals surface area contributed by atoms with Gasteiger partial charge in [-0.2, -0.15) is 0 Å². The maximum absolute atomic E-state index is 8.38. The molecular formula is H4CaO2Zn. The average molecular weight is 141 g/mol. The van der Waals surface area contributed by atoms with Crippen molar-refractivity contribution >= 4 is 37.7 Å². The Morgan fingerprint density at radius 2 is 1.50 bits per heavy atom. The molecule has 0 fully saturated rings. The maximum atomic E-state index is 8.38. The van der Waals surface area contributed by atoms with Gasteiger partial charge in [-0.1, -0.05) is 0 Å². The van der Waals surface area contributed by atoms with Crippen LogP contribution in [0.2, 0.25) is 0 Å². The Bertz CT molecular complexity index is 11.5. The summed E-state index contributed by atoms with van der Waals surface area (Å²) < 4.78 is 8.38. The Morgan fingerprint density at radius 1 is 1.50 bits per heavy atom. The molecular weight excluding hydrogens is 137 g/mol. The van der Waals surface area contributed by atoms with Crippen LogP contribution in [-0.4, -0.2) is 43.2 Å². The molecule has 2 nitrogen and oxygen atoms in total. The van der Waals surface area contributed by atoms with Crippen molar-refractivity contribution < 1.29 is 30.2 Å². The van der Waals surface area contributed by atoms with Crippen molar-refractivity contribution in [1.29, 1.82) is 0 Å². The third-order valence-electron chi connectivity index (χ3n) is 0. The molecule has 0 radical (unpaired) electrons. The molecule has 4 heteroatoms. The van der Waals surface area contributed by atoms with E-state index in [9.17, 15) is 0 Å². The van der Waals surface area contributed by atoms with E-state index in [0.29, 0.717) is 0 Å². The summed E-state index contributed by atoms with van der Waals surface area (Å²) in [6.45, 7) is 0. The fourth-order valence-corrected chi connectivity index (χ4v) is 0. The molecule has 0 amide bonds. The Kier molecular flexibility index (Phi) is 99.4. The van der Waals surface area contributed by atoms with Crippen LogP contribution in [0.1, 0.15) is 2.85 Å². The van der Waals surface area contributed by atoms with E-state index in [1.165, 1.54) is 0 Å². The summed E-state index contributed by atoms with van der Waals surface area (Å²) in [7, 11) is 0. The van der Waals surface area contributed by atoms with E-state index in [-0.39, 0.29) is 64.3 Å². The second-order valence-corrected chi connectivity index (χ2v) is 0. The second kappa shape index (κ2) is 22.8. The van der Waals surface area contributed by atoms with Crippen molar-refractivity contribution in [2.45, 2.75) is 0 Å². The predicted octanol–water partition coefficient (Wildman–Crippen LogP) is -1.10. The van der Waals surface area contributed by atoms with Crippen molar-refractivity contribution in [3.05, 3.63) is 0 Å². The van der Waals surface area contributed by atoms with E-state index >= 15 is 0 Å². The van der Waals surface area contributed by atoms with Crippen molar-refractivity contribution in [1.82, 2.24) is 0 Å². The van der Waals surface area contributed by atoms with Gasteiger partial charge in [0.25, 0.3) is 0 Å². The van der Waals surface area contributed by atoms with Gasteiger partial charge in [-0.3, -0.25) is 0 Å². The van der Waals surface area contributed by atoms with Crippen molar-refractivity contribution in [3.63, 3.8) is 0 Å². The summed E-state index contributed by atoms with van der Waals surface area (Å²) in [6.07, 6.45) is 0. The summed E-state index contributed by atoms with van der Waals surface area (Å²) in [5.74, 6) is 0. The van der Waals surface area contributed by atoms with E-state index in [1.54, 1.807) is 0 Å². The van der Waals surface area contributed by atoms with Crippen LogP contribution in [0.4, 0.5) is 0 Å². The molecule has 4 heavy (non-hydrogen) atoms. The SMILES string of the molecule is O.[Ca+2].[H-].[H-].[O]=[Zn]. The van der Waals surface area contributed by atoms with Gasteiger partial charge in [0.05, 0.1) is 0 Å². The molecule has 0 heterocycles. The van der Waals surface area contributed by atoms with Gasteiger partial charge >= 0.3 is 59.6 Å². The van der Waals surface area contributed by atoms with Crippen LogP contribution in [0.25, 0.3) is 0 Å². The molecule has 0 aromatic heterocycles. The third-order valence-corrected chi connectivity index (χ3v) is 0. The van der Waals surface area contributed by atoms with E-state index in [1.807, 2.05) is 0 Å². The molecule has 0 spiro atoms. The molecule has 0 atom stereocenters. The van der Waals surface area contributed by atoms with Crippen LogP contribution in [0, 0.1) is 0 Å². The summed E-state index contributed by atoms with van der Waals surface area (Å²) in [5, 5.41) is 0. The van der Waals surface area contributed by atoms with Gasteiger partial charge in [-0.15, -0.1) is 0 Å². The minimum absolute atomic E-state index is 0. The standard InChI is InChI=1S/Ca.H2O.O.Zn.2H/h;1H2;;;;/q+2;;;;2*-1. The molecule has 2 N–H and O–H groups in total. The van der Waals surface area contributed by atoms with Gasteiger partial charge in [0, 0.05) is 0 Å². The third kappa shape index (κ3) is 9.43. The summed E-state index contributed by atoms with van der Waals surface area (Å²) in [6, 6.07) is 0. The van der Waals surface area contributed by atoms with E-state index < -0.39 is 0 Å². The van der Waals surface area contributed by atoms with E-state index in [0.717, 1.165) is 0 Å². The molecule has 0 unspecified atom stereocenters. The molecule has 0 aromatic carbocycles. The van der Waals surface area contributed by atoms with E-state index in [4.69, 9.17) is 3.57 Å². The molecule has 0 saturated heterocycles. The molecule has 0 aromatic rings. The van der Waals surface area contributed by atoms with Gasteiger partial charge in [0.2, 0.25) is 0 Å². The molecule has 20 valence electrons. The van der Waals surface area contributed by atoms with E-state index in [2.05, 4.69) is 0 Å². The number of rotatable bonds is 0. The Morgan fingerprint density at radius 3 is 1.50 bits per heavy atom. The molecule has 0 aliphatic heterocycles. The minimum atomic E-state index is 0. The van der Waals surface area contributed by atoms with Crippen LogP contribution in [0.5, 0.6) is 0 Å². The fraction of sp³-hybridized carbons (Fsp3) is 0. The van der Waals surface area contributed by atoms with Crippen LogP contribution in [-0.2, 0) is 21.8 Å². The molecule has 0 bridgehead atoms. The van der Waals surface area contributed by atoms with Crippen molar-refractivity contribution in [3.8, 4) is 0 Å². The van der Waals surface area contributed by atoms with Gasteiger partial charge < -0.3 is 8.33 Å². The van der Waals surface area contributed by atoms with Gasteiger partial charge in [-0.05, 0) is 0 Å². The molecule has 0 aliphatic rings. The number of hydrogen-bond donors (Lipinski definition) is 0. The summed E-state index contributed by atoms with van der Waals surface area (Å²) in [4.78, 5) is 0. The second-order valence-electron chi connectivity index (χ2n) is 0. The predicted molar refractivity (Wildman–Crippen MR) is 12.3 cm³/mol. The monoisotopic (exact) mass is 140 g/mol. The topological polar surface area (TPSA) is 48.6 Å². The van der Waals surface area contributed by atoms with Crippen LogP contribution >= 0.6 is 0 Å². The first-order valence-electron chi connectivity index (χ1n) is 0.289. The first-order valence-corrected chi connectivity index (χ1v) is 1.50. The van der Waals surface area contributed by atoms with Crippen molar-refractivity contribution in [2.24, 2.45) is 0 Å². The van der Waals surface area contributed by atoms with Crippen molar-refractivity contribution in [2.75, 3.05) is 0 Å². The first kappa shape index (κ1) is 17.4. The van der Waals surface area contributed by atoms with Gasteiger partial charge in [0.15, 0.2) is 0 Å². The zero-order valence-electron chi connectivity index (χ0n) is 4.32. The summed E-state index contributed by atoms with van der Waals surface area (Å²) >= 11 is 0.125. The quantitative estimate of drug-likeness (QED) is 0.395. The first-order chi connectivity index (χ1) is 1.00. The Labute approximate surface area is 67.2 Å². The fourth-order valence-electron chi connectivity index (χ4n) is 0. The Hall–Kier alpha value is 1.64. The zero-order valence-corrected chi connectivity index (χ0v) is 7.50. The zero-order chi connectivity index (χ0) is 2.00. The van der Waals surface area contributed by atoms with Crippen LogP contribution in [0.3, 0.4) is 0 Å². The normalized spacial score (nSPS) is 1.50. The van der Waals surface area contributed by atoms with Crippen LogP contribution < -0.4 is 0 Å².